The van der Waals surface area contributed by atoms with Crippen LogP contribution in [0.1, 0.15) is 12.8 Å². The molecule has 2 aliphatic rings. The van der Waals surface area contributed by atoms with Crippen LogP contribution in [-0.2, 0) is 9.53 Å². The molecule has 0 saturated carbocycles. The van der Waals surface area contributed by atoms with Crippen LogP contribution in [0, 0.1) is 0 Å². The number of carbonyl (C=O) groups is 1. The fraction of sp³-hybridized carbons (Fsp3) is 0.857. The zero-order valence-electron chi connectivity index (χ0n) is 6.10. The van der Waals surface area contributed by atoms with Crippen molar-refractivity contribution >= 4 is 28.6 Å². The summed E-state index contributed by atoms with van der Waals surface area (Å²) < 4.78 is 6.07. The molecule has 0 aromatic heterocycles. The minimum Gasteiger partial charge on any atom is -0.460 e. The molecule has 62 valence electrons. The molecular formula is C7H10INO2. The molecule has 0 radical (unpaired) electrons. The first-order valence-electron chi connectivity index (χ1n) is 3.79. The van der Waals surface area contributed by atoms with E-state index >= 15 is 0 Å². The molecule has 2 atom stereocenters. The molecular weight excluding hydrogens is 257 g/mol. The first kappa shape index (κ1) is 7.79. The maximum atomic E-state index is 11.3. The van der Waals surface area contributed by atoms with Gasteiger partial charge in [0.1, 0.15) is 11.6 Å². The molecule has 2 rings (SSSR count). The number of halogens is 1. The SMILES string of the molecule is O=C1OC(CI)CC12CCN2. The van der Waals surface area contributed by atoms with Crippen LogP contribution >= 0.6 is 22.6 Å². The third kappa shape index (κ3) is 1.07. The summed E-state index contributed by atoms with van der Waals surface area (Å²) in [4.78, 5) is 11.3. The second-order valence-corrected chi connectivity index (χ2v) is 4.03. The number of hydrogen-bond donors (Lipinski definition) is 1. The quantitative estimate of drug-likeness (QED) is 0.426. The monoisotopic (exact) mass is 267 g/mol. The van der Waals surface area contributed by atoms with Gasteiger partial charge in [0.05, 0.1) is 0 Å². The molecule has 4 heteroatoms. The number of alkyl halides is 1. The highest BCUT2D eigenvalue weighted by molar-refractivity contribution is 14.1. The van der Waals surface area contributed by atoms with Gasteiger partial charge in [-0.25, -0.2) is 0 Å². The summed E-state index contributed by atoms with van der Waals surface area (Å²) in [7, 11) is 0. The number of hydrogen-bond acceptors (Lipinski definition) is 3. The number of cyclic esters (lactones) is 1. The second-order valence-electron chi connectivity index (χ2n) is 3.14. The zero-order valence-corrected chi connectivity index (χ0v) is 8.26. The molecule has 2 heterocycles. The van der Waals surface area contributed by atoms with Gasteiger partial charge in [0.15, 0.2) is 0 Å². The minimum absolute atomic E-state index is 0.0367. The van der Waals surface area contributed by atoms with Crippen LogP contribution in [0.5, 0.6) is 0 Å². The largest absolute Gasteiger partial charge is 0.460 e. The molecule has 11 heavy (non-hydrogen) atoms. The van der Waals surface area contributed by atoms with E-state index in [1.54, 1.807) is 0 Å². The second kappa shape index (κ2) is 2.58. The summed E-state index contributed by atoms with van der Waals surface area (Å²) in [6, 6.07) is 0. The molecule has 0 bridgehead atoms. The van der Waals surface area contributed by atoms with E-state index in [-0.39, 0.29) is 17.6 Å². The van der Waals surface area contributed by atoms with Crippen molar-refractivity contribution in [1.29, 1.82) is 0 Å². The smallest absolute Gasteiger partial charge is 0.326 e. The maximum Gasteiger partial charge on any atom is 0.326 e. The van der Waals surface area contributed by atoms with Crippen LogP contribution in [0.2, 0.25) is 0 Å². The summed E-state index contributed by atoms with van der Waals surface area (Å²) in [5, 5.41) is 3.16. The Hall–Kier alpha value is 0.160. The Labute approximate surface area is 79.0 Å². The first-order chi connectivity index (χ1) is 5.27. The number of rotatable bonds is 1. The molecule has 2 saturated heterocycles. The van der Waals surface area contributed by atoms with Gasteiger partial charge in [0.2, 0.25) is 0 Å². The van der Waals surface area contributed by atoms with Gasteiger partial charge >= 0.3 is 5.97 Å². The lowest BCUT2D eigenvalue weighted by Crippen LogP contribution is -2.60. The van der Waals surface area contributed by atoms with Crippen molar-refractivity contribution in [2.24, 2.45) is 0 Å². The van der Waals surface area contributed by atoms with Gasteiger partial charge in [-0.2, -0.15) is 0 Å². The van der Waals surface area contributed by atoms with Crippen LogP contribution in [0.25, 0.3) is 0 Å². The lowest BCUT2D eigenvalue weighted by atomic mass is 9.85. The van der Waals surface area contributed by atoms with E-state index in [2.05, 4.69) is 27.9 Å². The Morgan fingerprint density at radius 1 is 1.82 bits per heavy atom. The summed E-state index contributed by atoms with van der Waals surface area (Å²) in [5.74, 6) is -0.0367. The van der Waals surface area contributed by atoms with E-state index in [4.69, 9.17) is 4.74 Å². The van der Waals surface area contributed by atoms with Crippen molar-refractivity contribution < 1.29 is 9.53 Å². The Morgan fingerprint density at radius 2 is 2.55 bits per heavy atom. The van der Waals surface area contributed by atoms with Gasteiger partial charge in [-0.05, 0) is 13.0 Å². The molecule has 3 nitrogen and oxygen atoms in total. The standard InChI is InChI=1S/C7H10INO2/c8-4-5-3-7(1-2-9-7)6(10)11-5/h5,9H,1-4H2. The van der Waals surface area contributed by atoms with Crippen molar-refractivity contribution in [3.05, 3.63) is 0 Å². The minimum atomic E-state index is -0.268. The normalized spacial score (nSPS) is 42.3. The first-order valence-corrected chi connectivity index (χ1v) is 5.31. The van der Waals surface area contributed by atoms with Gasteiger partial charge < -0.3 is 10.1 Å². The van der Waals surface area contributed by atoms with Crippen LogP contribution in [0.4, 0.5) is 0 Å². The van der Waals surface area contributed by atoms with Gasteiger partial charge in [0.25, 0.3) is 0 Å². The predicted molar refractivity (Wildman–Crippen MR) is 48.7 cm³/mol. The Morgan fingerprint density at radius 3 is 2.82 bits per heavy atom. The summed E-state index contributed by atoms with van der Waals surface area (Å²) in [5.41, 5.74) is -0.268. The highest BCUT2D eigenvalue weighted by Crippen LogP contribution is 2.34. The van der Waals surface area contributed by atoms with Crippen LogP contribution in [0.15, 0.2) is 0 Å². The van der Waals surface area contributed by atoms with Gasteiger partial charge in [-0.3, -0.25) is 4.79 Å². The Balaban J connectivity index is 2.08. The fourth-order valence-electron chi connectivity index (χ4n) is 1.64. The van der Waals surface area contributed by atoms with Crippen molar-refractivity contribution in [1.82, 2.24) is 5.32 Å². The predicted octanol–water partition coefficient (Wildman–Crippen LogP) is 0.469. The summed E-state index contributed by atoms with van der Waals surface area (Å²) >= 11 is 2.25. The Bertz CT molecular complexity index is 191. The molecule has 0 aromatic carbocycles. The molecule has 0 aromatic rings. The molecule has 1 N–H and O–H groups in total. The third-order valence-corrected chi connectivity index (χ3v) is 3.41. The van der Waals surface area contributed by atoms with E-state index in [0.717, 1.165) is 23.8 Å². The molecule has 2 fully saturated rings. The highest BCUT2D eigenvalue weighted by atomic mass is 127. The van der Waals surface area contributed by atoms with Crippen molar-refractivity contribution in [3.8, 4) is 0 Å². The van der Waals surface area contributed by atoms with Crippen molar-refractivity contribution in [2.75, 3.05) is 11.0 Å². The summed E-state index contributed by atoms with van der Waals surface area (Å²) in [6.45, 7) is 0.961. The van der Waals surface area contributed by atoms with Crippen LogP contribution in [-0.4, -0.2) is 28.6 Å². The number of ether oxygens (including phenoxy) is 1. The van der Waals surface area contributed by atoms with Crippen molar-refractivity contribution in [3.63, 3.8) is 0 Å². The lowest BCUT2D eigenvalue weighted by molar-refractivity contribution is -0.147. The third-order valence-electron chi connectivity index (χ3n) is 2.43. The van der Waals surface area contributed by atoms with Crippen molar-refractivity contribution in [2.45, 2.75) is 24.5 Å². The van der Waals surface area contributed by atoms with E-state index in [1.807, 2.05) is 0 Å². The molecule has 2 aliphatic heterocycles. The van der Waals surface area contributed by atoms with E-state index in [0.29, 0.717) is 0 Å². The fourth-order valence-corrected chi connectivity index (χ4v) is 2.13. The van der Waals surface area contributed by atoms with Crippen LogP contribution < -0.4 is 5.32 Å². The van der Waals surface area contributed by atoms with Gasteiger partial charge in [-0.1, -0.05) is 22.6 Å². The van der Waals surface area contributed by atoms with Gasteiger partial charge in [0, 0.05) is 10.8 Å². The molecule has 0 aliphatic carbocycles. The van der Waals surface area contributed by atoms with E-state index in [1.165, 1.54) is 0 Å². The topological polar surface area (TPSA) is 38.3 Å². The highest BCUT2D eigenvalue weighted by Gasteiger charge is 2.52. The maximum absolute atomic E-state index is 11.3. The number of nitrogens with one attached hydrogen (secondary N) is 1. The molecule has 1 spiro atoms. The zero-order chi connectivity index (χ0) is 7.90. The van der Waals surface area contributed by atoms with Crippen LogP contribution in [0.3, 0.4) is 0 Å². The average Bonchev–Trinajstić information content (AvgIpc) is 2.25. The van der Waals surface area contributed by atoms with E-state index < -0.39 is 0 Å². The average molecular weight is 267 g/mol. The number of carbonyl (C=O) groups excluding carboxylic acids is 1. The van der Waals surface area contributed by atoms with E-state index in [9.17, 15) is 4.79 Å². The number of esters is 1. The lowest BCUT2D eigenvalue weighted by Gasteiger charge is -2.35. The Kier molecular flexibility index (Phi) is 1.83. The summed E-state index contributed by atoms with van der Waals surface area (Å²) in [6.07, 6.45) is 1.98. The van der Waals surface area contributed by atoms with Gasteiger partial charge in [-0.15, -0.1) is 0 Å². The molecule has 2 unspecified atom stereocenters. The molecule has 0 amide bonds.